The average molecular weight is 374 g/mol. The smallest absolute Gasteiger partial charge is 0.222 e. The molecule has 2 aliphatic rings. The Morgan fingerprint density at radius 1 is 1.23 bits per heavy atom. The summed E-state index contributed by atoms with van der Waals surface area (Å²) in [7, 11) is 2.12. The molecule has 2 N–H and O–H groups in total. The first-order valence-electron chi connectivity index (χ1n) is 9.02. The Labute approximate surface area is 158 Å². The Balaban J connectivity index is 1.78. The summed E-state index contributed by atoms with van der Waals surface area (Å²) >= 11 is 6.70. The zero-order valence-electron chi connectivity index (χ0n) is 15.2. The quantitative estimate of drug-likeness (QED) is 0.872. The predicted molar refractivity (Wildman–Crippen MR) is 105 cm³/mol. The van der Waals surface area contributed by atoms with Crippen LogP contribution in [0.15, 0.2) is 18.2 Å². The molecule has 0 bridgehead atoms. The number of aromatic nitrogens is 2. The van der Waals surface area contributed by atoms with E-state index in [-0.39, 0.29) is 6.04 Å². The number of likely N-dealkylation sites (N-methyl/N-ethyl adjacent to an activating group) is 1. The van der Waals surface area contributed by atoms with Crippen molar-refractivity contribution in [3.05, 3.63) is 40.0 Å². The van der Waals surface area contributed by atoms with Gasteiger partial charge in [-0.05, 0) is 43.0 Å². The second kappa shape index (κ2) is 6.93. The average Bonchev–Trinajstić information content (AvgIpc) is 2.81. The van der Waals surface area contributed by atoms with Gasteiger partial charge < -0.3 is 20.3 Å². The van der Waals surface area contributed by atoms with Gasteiger partial charge in [-0.1, -0.05) is 11.6 Å². The lowest BCUT2D eigenvalue weighted by atomic mass is 10.0. The van der Waals surface area contributed by atoms with Crippen molar-refractivity contribution in [1.29, 1.82) is 0 Å². The van der Waals surface area contributed by atoms with Crippen molar-refractivity contribution in [2.45, 2.75) is 25.8 Å². The van der Waals surface area contributed by atoms with Gasteiger partial charge in [0.25, 0.3) is 0 Å². The van der Waals surface area contributed by atoms with Crippen molar-refractivity contribution in [2.75, 3.05) is 48.9 Å². The maximum atomic E-state index is 6.70. The standard InChI is InChI=1S/C19H24ClN5O/c1-12-8-18(23-19(21)22-12)25-5-3-7-26-11-17(25)14-10-16-13(9-15(14)20)4-6-24(16)2/h8-10,17H,3-7,11H2,1-2H3,(H2,21,22,23)/t17-/m0/s1. The fraction of sp³-hybridized carbons (Fsp3) is 0.474. The molecule has 26 heavy (non-hydrogen) atoms. The number of ether oxygens (including phenoxy) is 1. The van der Waals surface area contributed by atoms with E-state index < -0.39 is 0 Å². The second-order valence-electron chi connectivity index (χ2n) is 7.04. The SMILES string of the molecule is Cc1cc(N2CCCOC[C@H]2c2cc3c(cc2Cl)CCN3C)nc(N)n1. The molecule has 4 rings (SSSR count). The lowest BCUT2D eigenvalue weighted by Gasteiger charge is -2.32. The molecule has 3 heterocycles. The Morgan fingerprint density at radius 3 is 2.88 bits per heavy atom. The summed E-state index contributed by atoms with van der Waals surface area (Å²) in [5.41, 5.74) is 10.4. The Hall–Kier alpha value is -2.05. The van der Waals surface area contributed by atoms with Crippen molar-refractivity contribution in [3.63, 3.8) is 0 Å². The molecule has 0 aliphatic carbocycles. The largest absolute Gasteiger partial charge is 0.379 e. The number of anilines is 3. The molecule has 1 aromatic carbocycles. The number of hydrogen-bond acceptors (Lipinski definition) is 6. The summed E-state index contributed by atoms with van der Waals surface area (Å²) < 4.78 is 5.89. The number of nitrogens with zero attached hydrogens (tertiary/aromatic N) is 4. The monoisotopic (exact) mass is 373 g/mol. The normalized spacial score (nSPS) is 20.2. The van der Waals surface area contributed by atoms with Crippen molar-refractivity contribution in [3.8, 4) is 0 Å². The van der Waals surface area contributed by atoms with Crippen LogP contribution in [0, 0.1) is 6.92 Å². The van der Waals surface area contributed by atoms with Gasteiger partial charge in [0.15, 0.2) is 0 Å². The van der Waals surface area contributed by atoms with Gasteiger partial charge >= 0.3 is 0 Å². The fourth-order valence-electron chi connectivity index (χ4n) is 3.87. The number of nitrogen functional groups attached to an aromatic ring is 1. The Morgan fingerprint density at radius 2 is 2.08 bits per heavy atom. The number of rotatable bonds is 2. The molecule has 0 saturated carbocycles. The van der Waals surface area contributed by atoms with Crippen molar-refractivity contribution < 1.29 is 4.74 Å². The Bertz CT molecular complexity index is 808. The topological polar surface area (TPSA) is 67.5 Å². The highest BCUT2D eigenvalue weighted by atomic mass is 35.5. The summed E-state index contributed by atoms with van der Waals surface area (Å²) in [6.07, 6.45) is 1.97. The predicted octanol–water partition coefficient (Wildman–Crippen LogP) is 2.98. The number of benzene rings is 1. The highest BCUT2D eigenvalue weighted by molar-refractivity contribution is 6.31. The van der Waals surface area contributed by atoms with Gasteiger partial charge in [0, 0.05) is 49.2 Å². The highest BCUT2D eigenvalue weighted by Gasteiger charge is 2.29. The summed E-state index contributed by atoms with van der Waals surface area (Å²) in [6, 6.07) is 6.30. The van der Waals surface area contributed by atoms with E-state index in [1.807, 2.05) is 13.0 Å². The molecule has 1 atom stereocenters. The molecule has 2 aliphatic heterocycles. The first-order valence-corrected chi connectivity index (χ1v) is 9.40. The van der Waals surface area contributed by atoms with E-state index >= 15 is 0 Å². The van der Waals surface area contributed by atoms with Crippen LogP contribution in [0.25, 0.3) is 0 Å². The highest BCUT2D eigenvalue weighted by Crippen LogP contribution is 2.38. The van der Waals surface area contributed by atoms with E-state index in [4.69, 9.17) is 22.1 Å². The van der Waals surface area contributed by atoms with Crippen LogP contribution in [0.4, 0.5) is 17.5 Å². The molecule has 1 saturated heterocycles. The summed E-state index contributed by atoms with van der Waals surface area (Å²) in [5.74, 6) is 1.12. The maximum Gasteiger partial charge on any atom is 0.222 e. The van der Waals surface area contributed by atoms with Crippen LogP contribution < -0.4 is 15.5 Å². The molecule has 0 radical (unpaired) electrons. The molecular formula is C19H24ClN5O. The van der Waals surface area contributed by atoms with Crippen LogP contribution in [0.3, 0.4) is 0 Å². The lowest BCUT2D eigenvalue weighted by Crippen LogP contribution is -2.32. The van der Waals surface area contributed by atoms with Gasteiger partial charge in [0.1, 0.15) is 5.82 Å². The van der Waals surface area contributed by atoms with Crippen molar-refractivity contribution in [1.82, 2.24) is 9.97 Å². The number of hydrogen-bond donors (Lipinski definition) is 1. The van der Waals surface area contributed by atoms with Crippen LogP contribution in [0.1, 0.15) is 29.3 Å². The molecule has 2 aromatic rings. The molecule has 0 amide bonds. The molecule has 138 valence electrons. The van der Waals surface area contributed by atoms with Crippen molar-refractivity contribution >= 4 is 29.1 Å². The van der Waals surface area contributed by atoms with Crippen molar-refractivity contribution in [2.24, 2.45) is 0 Å². The van der Waals surface area contributed by atoms with Gasteiger partial charge in [-0.2, -0.15) is 4.98 Å². The number of fused-ring (bicyclic) bond motifs is 1. The third-order valence-corrected chi connectivity index (χ3v) is 5.50. The molecular weight excluding hydrogens is 350 g/mol. The van der Waals surface area contributed by atoms with E-state index in [2.05, 4.69) is 38.9 Å². The van der Waals surface area contributed by atoms with Gasteiger partial charge in [-0.25, -0.2) is 4.98 Å². The van der Waals surface area contributed by atoms with Gasteiger partial charge in [-0.15, -0.1) is 0 Å². The Kier molecular flexibility index (Phi) is 4.63. The summed E-state index contributed by atoms with van der Waals surface area (Å²) in [5, 5.41) is 0.790. The minimum Gasteiger partial charge on any atom is -0.379 e. The minimum atomic E-state index is -0.00185. The number of halogens is 1. The van der Waals surface area contributed by atoms with Crippen LogP contribution in [-0.4, -0.2) is 43.3 Å². The second-order valence-corrected chi connectivity index (χ2v) is 7.44. The lowest BCUT2D eigenvalue weighted by molar-refractivity contribution is 0.134. The third-order valence-electron chi connectivity index (χ3n) is 5.18. The van der Waals surface area contributed by atoms with Crippen LogP contribution in [-0.2, 0) is 11.2 Å². The molecule has 1 aromatic heterocycles. The molecule has 6 nitrogen and oxygen atoms in total. The molecule has 1 fully saturated rings. The van der Waals surface area contributed by atoms with E-state index in [9.17, 15) is 0 Å². The molecule has 0 spiro atoms. The van der Waals surface area contributed by atoms with Crippen LogP contribution >= 0.6 is 11.6 Å². The first-order chi connectivity index (χ1) is 12.5. The van der Waals surface area contributed by atoms with E-state index in [0.29, 0.717) is 12.6 Å². The third kappa shape index (κ3) is 3.19. The summed E-state index contributed by atoms with van der Waals surface area (Å²) in [6.45, 7) is 5.10. The minimum absolute atomic E-state index is 0.00185. The van der Waals surface area contributed by atoms with E-state index in [1.165, 1.54) is 11.3 Å². The van der Waals surface area contributed by atoms with Gasteiger partial charge in [0.2, 0.25) is 5.95 Å². The zero-order chi connectivity index (χ0) is 18.3. The summed E-state index contributed by atoms with van der Waals surface area (Å²) in [4.78, 5) is 13.2. The first kappa shape index (κ1) is 17.4. The number of aryl methyl sites for hydroxylation is 1. The van der Waals surface area contributed by atoms with Gasteiger partial charge in [0.05, 0.1) is 12.6 Å². The zero-order valence-corrected chi connectivity index (χ0v) is 16.0. The van der Waals surface area contributed by atoms with E-state index in [1.54, 1.807) is 0 Å². The van der Waals surface area contributed by atoms with Gasteiger partial charge in [-0.3, -0.25) is 0 Å². The van der Waals surface area contributed by atoms with E-state index in [0.717, 1.165) is 54.6 Å². The maximum absolute atomic E-state index is 6.70. The van der Waals surface area contributed by atoms with Crippen LogP contribution in [0.5, 0.6) is 0 Å². The molecule has 7 heteroatoms. The number of nitrogens with two attached hydrogens (primary N) is 1. The fourth-order valence-corrected chi connectivity index (χ4v) is 4.18. The molecule has 0 unspecified atom stereocenters. The van der Waals surface area contributed by atoms with Crippen LogP contribution in [0.2, 0.25) is 5.02 Å².